The molecule has 7 heteroatoms. The first-order valence-electron chi connectivity index (χ1n) is 15.6. The van der Waals surface area contributed by atoms with Crippen LogP contribution in [0.15, 0.2) is 149 Å². The molecule has 0 amide bonds. The molecule has 7 rings (SSSR count). The average Bonchev–Trinajstić information content (AvgIpc) is 3.55. The second kappa shape index (κ2) is 13.1. The van der Waals surface area contributed by atoms with Gasteiger partial charge in [0.15, 0.2) is 10.7 Å². The normalized spacial score (nSPS) is 13.4. The molecule has 0 spiro atoms. The Morgan fingerprint density at radius 3 is 1.59 bits per heavy atom. The van der Waals surface area contributed by atoms with Crippen LogP contribution in [0.25, 0.3) is 11.1 Å². The molecule has 46 heavy (non-hydrogen) atoms. The van der Waals surface area contributed by atoms with E-state index >= 15 is 0 Å². The van der Waals surface area contributed by atoms with Crippen molar-refractivity contribution in [2.75, 3.05) is 18.0 Å². The molecule has 0 saturated carbocycles. The van der Waals surface area contributed by atoms with E-state index < -0.39 is 11.5 Å². The number of benzene rings is 5. The van der Waals surface area contributed by atoms with Gasteiger partial charge in [0, 0.05) is 23.7 Å². The summed E-state index contributed by atoms with van der Waals surface area (Å²) in [7, 11) is 0. The number of rotatable bonds is 9. The maximum absolute atomic E-state index is 13.1. The lowest BCUT2D eigenvalue weighted by Crippen LogP contribution is -2.40. The van der Waals surface area contributed by atoms with Gasteiger partial charge in [0.25, 0.3) is 0 Å². The smallest absolute Gasteiger partial charge is 0.357 e. The van der Waals surface area contributed by atoms with Crippen molar-refractivity contribution in [2.45, 2.75) is 34.7 Å². The Morgan fingerprint density at radius 2 is 1.11 bits per heavy atom. The van der Waals surface area contributed by atoms with Gasteiger partial charge in [-0.25, -0.2) is 9.48 Å². The molecule has 0 radical (unpaired) electrons. The Bertz CT molecular complexity index is 1810. The topological polar surface area (TPSA) is 71.2 Å². The summed E-state index contributed by atoms with van der Waals surface area (Å²) in [5.41, 5.74) is 5.12. The molecule has 0 unspecified atom stereocenters. The zero-order chi connectivity index (χ0) is 31.3. The van der Waals surface area contributed by atoms with Crippen molar-refractivity contribution in [1.29, 1.82) is 0 Å². The molecular formula is C39H34N4O2S. The number of carboxylic acid groups (broad SMARTS) is 1. The van der Waals surface area contributed by atoms with Crippen LogP contribution >= 0.6 is 11.8 Å². The van der Waals surface area contributed by atoms with Gasteiger partial charge in [0.2, 0.25) is 0 Å². The molecule has 6 nitrogen and oxygen atoms in total. The molecule has 228 valence electrons. The van der Waals surface area contributed by atoms with Crippen LogP contribution in [0.2, 0.25) is 0 Å². The van der Waals surface area contributed by atoms with Crippen molar-refractivity contribution in [3.63, 3.8) is 0 Å². The van der Waals surface area contributed by atoms with Crippen molar-refractivity contribution in [2.24, 2.45) is 0 Å². The van der Waals surface area contributed by atoms with Crippen LogP contribution in [0.1, 0.15) is 46.4 Å². The van der Waals surface area contributed by atoms with E-state index in [2.05, 4.69) is 51.6 Å². The van der Waals surface area contributed by atoms with Crippen molar-refractivity contribution >= 4 is 23.4 Å². The first kappa shape index (κ1) is 29.6. The SMILES string of the molecule is O=C(O)c1c(Sc2ccc(-c3ccc(N4CCCCC4)cc3)cc2)nnn1C(c1ccccc1)(c1ccccc1)c1ccccc1. The van der Waals surface area contributed by atoms with Gasteiger partial charge in [0.1, 0.15) is 5.54 Å². The van der Waals surface area contributed by atoms with E-state index in [-0.39, 0.29) is 5.69 Å². The Balaban J connectivity index is 1.26. The van der Waals surface area contributed by atoms with Crippen LogP contribution in [-0.4, -0.2) is 39.2 Å². The molecule has 0 atom stereocenters. The number of hydrogen-bond donors (Lipinski definition) is 1. The maximum Gasteiger partial charge on any atom is 0.357 e. The van der Waals surface area contributed by atoms with Gasteiger partial charge in [-0.05, 0) is 71.3 Å². The van der Waals surface area contributed by atoms with Gasteiger partial charge in [-0.3, -0.25) is 0 Å². The third-order valence-corrected chi connectivity index (χ3v) is 9.70. The van der Waals surface area contributed by atoms with Crippen LogP contribution in [-0.2, 0) is 5.54 Å². The Hall–Kier alpha value is -5.14. The molecule has 1 aromatic heterocycles. The van der Waals surface area contributed by atoms with E-state index in [1.54, 1.807) is 4.68 Å². The number of aromatic carboxylic acids is 1. The van der Waals surface area contributed by atoms with Crippen LogP contribution < -0.4 is 4.90 Å². The van der Waals surface area contributed by atoms with Crippen LogP contribution in [0, 0.1) is 0 Å². The number of hydrogen-bond acceptors (Lipinski definition) is 5. The third-order valence-electron chi connectivity index (χ3n) is 8.73. The summed E-state index contributed by atoms with van der Waals surface area (Å²) in [5.74, 6) is -1.09. The second-order valence-corrected chi connectivity index (χ2v) is 12.6. The van der Waals surface area contributed by atoms with E-state index in [9.17, 15) is 9.90 Å². The largest absolute Gasteiger partial charge is 0.476 e. The lowest BCUT2D eigenvalue weighted by Gasteiger charge is -2.36. The summed E-state index contributed by atoms with van der Waals surface area (Å²) in [4.78, 5) is 16.4. The van der Waals surface area contributed by atoms with Crippen molar-refractivity contribution < 1.29 is 9.90 Å². The molecule has 6 aromatic rings. The average molecular weight is 623 g/mol. The summed E-state index contributed by atoms with van der Waals surface area (Å²) >= 11 is 1.31. The zero-order valence-electron chi connectivity index (χ0n) is 25.4. The standard InChI is InChI=1S/C39H34N4O2S/c44-38(45)36-37(46-35-25-21-30(22-26-35)29-19-23-34(24-20-29)42-27-11-4-12-28-42)40-41-43(36)39(31-13-5-1-6-14-31,32-15-7-2-8-16-32)33-17-9-3-10-18-33/h1-3,5-10,13-26H,4,11-12,27-28H2,(H,44,45). The van der Waals surface area contributed by atoms with Gasteiger partial charge >= 0.3 is 5.97 Å². The van der Waals surface area contributed by atoms with E-state index in [0.29, 0.717) is 5.03 Å². The number of carbonyl (C=O) groups is 1. The highest BCUT2D eigenvalue weighted by atomic mass is 32.2. The van der Waals surface area contributed by atoms with E-state index in [1.807, 2.05) is 103 Å². The molecule has 1 N–H and O–H groups in total. The molecule has 1 saturated heterocycles. The van der Waals surface area contributed by atoms with Gasteiger partial charge < -0.3 is 10.0 Å². The van der Waals surface area contributed by atoms with Gasteiger partial charge in [-0.2, -0.15) is 0 Å². The van der Waals surface area contributed by atoms with E-state index in [0.717, 1.165) is 45.8 Å². The maximum atomic E-state index is 13.1. The molecular weight excluding hydrogens is 589 g/mol. The fourth-order valence-corrected chi connectivity index (χ4v) is 7.35. The Kier molecular flexibility index (Phi) is 8.40. The molecule has 1 fully saturated rings. The second-order valence-electron chi connectivity index (χ2n) is 11.5. The lowest BCUT2D eigenvalue weighted by molar-refractivity contribution is 0.0675. The summed E-state index contributed by atoms with van der Waals surface area (Å²) in [5, 5.41) is 20.1. The summed E-state index contributed by atoms with van der Waals surface area (Å²) < 4.78 is 1.58. The van der Waals surface area contributed by atoms with E-state index in [4.69, 9.17) is 0 Å². The van der Waals surface area contributed by atoms with E-state index in [1.165, 1.54) is 36.7 Å². The number of piperidine rings is 1. The van der Waals surface area contributed by atoms with Gasteiger partial charge in [0.05, 0.1) is 0 Å². The van der Waals surface area contributed by atoms with Gasteiger partial charge in [-0.1, -0.05) is 132 Å². The summed E-state index contributed by atoms with van der Waals surface area (Å²) in [6.45, 7) is 2.24. The number of carboxylic acids is 1. The highest BCUT2D eigenvalue weighted by Crippen LogP contribution is 2.43. The Morgan fingerprint density at radius 1 is 0.630 bits per heavy atom. The van der Waals surface area contributed by atoms with Crippen molar-refractivity contribution in [3.05, 3.63) is 162 Å². The van der Waals surface area contributed by atoms with Crippen LogP contribution in [0.5, 0.6) is 0 Å². The zero-order valence-corrected chi connectivity index (χ0v) is 26.2. The molecule has 1 aliphatic rings. The number of nitrogens with zero attached hydrogens (tertiary/aromatic N) is 4. The van der Waals surface area contributed by atoms with Crippen molar-refractivity contribution in [1.82, 2.24) is 15.0 Å². The minimum atomic E-state index is -1.09. The lowest BCUT2D eigenvalue weighted by atomic mass is 9.77. The third kappa shape index (κ3) is 5.59. The number of aromatic nitrogens is 3. The minimum absolute atomic E-state index is 0.0268. The highest BCUT2D eigenvalue weighted by Gasteiger charge is 2.43. The minimum Gasteiger partial charge on any atom is -0.476 e. The fraction of sp³-hybridized carbons (Fsp3) is 0.154. The Labute approximate surface area is 273 Å². The quantitative estimate of drug-likeness (QED) is 0.163. The van der Waals surface area contributed by atoms with Crippen LogP contribution in [0.3, 0.4) is 0 Å². The monoisotopic (exact) mass is 622 g/mol. The highest BCUT2D eigenvalue weighted by molar-refractivity contribution is 7.99. The molecule has 2 heterocycles. The van der Waals surface area contributed by atoms with Crippen LogP contribution in [0.4, 0.5) is 5.69 Å². The number of anilines is 1. The molecule has 5 aromatic carbocycles. The summed E-state index contributed by atoms with van der Waals surface area (Å²) in [6.07, 6.45) is 3.82. The first-order chi connectivity index (χ1) is 22.6. The van der Waals surface area contributed by atoms with Gasteiger partial charge in [-0.15, -0.1) is 5.10 Å². The van der Waals surface area contributed by atoms with Crippen molar-refractivity contribution in [3.8, 4) is 11.1 Å². The predicted molar refractivity (Wildman–Crippen MR) is 184 cm³/mol. The molecule has 1 aliphatic heterocycles. The summed E-state index contributed by atoms with van der Waals surface area (Å²) in [6, 6.07) is 46.7. The predicted octanol–water partition coefficient (Wildman–Crippen LogP) is 8.63. The fourth-order valence-electron chi connectivity index (χ4n) is 6.50. The molecule has 0 bridgehead atoms. The molecule has 0 aliphatic carbocycles. The first-order valence-corrected chi connectivity index (χ1v) is 16.5.